The predicted molar refractivity (Wildman–Crippen MR) is 74.3 cm³/mol. The second-order valence-corrected chi connectivity index (χ2v) is 6.19. The van der Waals surface area contributed by atoms with Crippen molar-refractivity contribution in [1.29, 1.82) is 0 Å². The molecule has 0 spiro atoms. The number of nitrogens with one attached hydrogen (secondary N) is 1. The Hall–Kier alpha value is -1.11. The van der Waals surface area contributed by atoms with Crippen molar-refractivity contribution in [1.82, 2.24) is 5.32 Å². The van der Waals surface area contributed by atoms with Gasteiger partial charge in [0.2, 0.25) is 5.91 Å². The van der Waals surface area contributed by atoms with Crippen molar-refractivity contribution in [3.63, 3.8) is 0 Å². The Morgan fingerprint density at radius 1 is 1.26 bits per heavy atom. The molecule has 0 radical (unpaired) electrons. The number of carbonyl (C=O) groups excluding carboxylic acids is 2. The van der Waals surface area contributed by atoms with E-state index in [4.69, 9.17) is 10.5 Å². The molecule has 10 heteroatoms. The second kappa shape index (κ2) is 10.6. The minimum Gasteiger partial charge on any atom is -0.810 e. The number of hydrogen-bond donors (Lipinski definition) is 2. The first kappa shape index (κ1) is 21.9. The Morgan fingerprint density at radius 2 is 1.87 bits per heavy atom. The maximum atomic E-state index is 11.8. The van der Waals surface area contributed by atoms with E-state index in [1.54, 1.807) is 30.3 Å². The molecule has 0 bridgehead atoms. The van der Waals surface area contributed by atoms with E-state index in [1.165, 1.54) is 0 Å². The van der Waals surface area contributed by atoms with E-state index >= 15 is 0 Å². The number of hydrogen-bond acceptors (Lipinski definition) is 7. The normalized spacial score (nSPS) is 12.0. The maximum Gasteiger partial charge on any atom is 2.00 e. The first-order valence-electron chi connectivity index (χ1n) is 6.53. The van der Waals surface area contributed by atoms with E-state index in [0.29, 0.717) is 5.56 Å². The first-order chi connectivity index (χ1) is 10.3. The number of ether oxygens (including phenoxy) is 1. The van der Waals surface area contributed by atoms with E-state index in [0.717, 1.165) is 0 Å². The molecular formula is C13H17N2O6PZn. The van der Waals surface area contributed by atoms with E-state index in [2.05, 4.69) is 5.32 Å². The molecule has 1 amide bonds. The van der Waals surface area contributed by atoms with E-state index in [-0.39, 0.29) is 39.1 Å². The fourth-order valence-corrected chi connectivity index (χ4v) is 2.23. The topological polar surface area (TPSA) is 145 Å². The molecule has 3 N–H and O–H groups in total. The van der Waals surface area contributed by atoms with Crippen LogP contribution in [0.1, 0.15) is 12.0 Å². The summed E-state index contributed by atoms with van der Waals surface area (Å²) in [6.07, 6.45) is -0.0339. The summed E-state index contributed by atoms with van der Waals surface area (Å²) in [5.41, 5.74) is 3.85. The molecule has 0 aliphatic carbocycles. The molecule has 0 saturated heterocycles. The molecule has 8 nitrogen and oxygen atoms in total. The number of esters is 1. The van der Waals surface area contributed by atoms with Gasteiger partial charge in [-0.05, 0) is 5.56 Å². The van der Waals surface area contributed by atoms with Crippen LogP contribution in [0.3, 0.4) is 0 Å². The van der Waals surface area contributed by atoms with Crippen molar-refractivity contribution in [2.75, 3.05) is 13.1 Å². The zero-order chi connectivity index (χ0) is 16.6. The van der Waals surface area contributed by atoms with Crippen molar-refractivity contribution in [3.05, 3.63) is 35.9 Å². The van der Waals surface area contributed by atoms with Crippen LogP contribution in [0.4, 0.5) is 0 Å². The predicted octanol–water partition coefficient (Wildman–Crippen LogP) is -1.53. The summed E-state index contributed by atoms with van der Waals surface area (Å²) in [6.45, 7) is -0.717. The zero-order valence-electron chi connectivity index (χ0n) is 12.5. The average Bonchev–Trinajstić information content (AvgIpc) is 2.45. The number of amides is 1. The van der Waals surface area contributed by atoms with Crippen LogP contribution in [0, 0.1) is 0 Å². The average molecular weight is 394 g/mol. The minimum atomic E-state index is -5.25. The zero-order valence-corrected chi connectivity index (χ0v) is 16.3. The van der Waals surface area contributed by atoms with Crippen molar-refractivity contribution < 1.29 is 48.2 Å². The fourth-order valence-electron chi connectivity index (χ4n) is 1.58. The van der Waals surface area contributed by atoms with Gasteiger partial charge in [0.05, 0.1) is 0 Å². The standard InChI is InChI=1S/C13H19N2O6P.Zn/c14-7-6-12(16)15-8-11(22(18,19)20)13(17)21-9-10-4-2-1-3-5-10;/h1-5,11H,6-9,14H2,(H,15,16)(H2,18,19,20);/q;+2/p-2. The summed E-state index contributed by atoms with van der Waals surface area (Å²) in [5.74, 6) is -1.73. The van der Waals surface area contributed by atoms with Gasteiger partial charge in [0.1, 0.15) is 12.3 Å². The monoisotopic (exact) mass is 392 g/mol. The van der Waals surface area contributed by atoms with Crippen molar-refractivity contribution in [2.45, 2.75) is 18.7 Å². The van der Waals surface area contributed by atoms with Crippen LogP contribution in [-0.2, 0) is 45.0 Å². The van der Waals surface area contributed by atoms with Crippen LogP contribution in [0.2, 0.25) is 0 Å². The minimum absolute atomic E-state index is 0. The Labute approximate surface area is 146 Å². The largest absolute Gasteiger partial charge is 2.00 e. The van der Waals surface area contributed by atoms with Gasteiger partial charge in [0.15, 0.2) is 0 Å². The smallest absolute Gasteiger partial charge is 0.810 e. The first-order valence-corrected chi connectivity index (χ1v) is 8.15. The van der Waals surface area contributed by atoms with Gasteiger partial charge in [-0.15, -0.1) is 0 Å². The summed E-state index contributed by atoms with van der Waals surface area (Å²) in [5, 5.41) is 2.18. The van der Waals surface area contributed by atoms with Gasteiger partial charge in [-0.25, -0.2) is 0 Å². The third-order valence-corrected chi connectivity index (χ3v) is 3.90. The van der Waals surface area contributed by atoms with Crippen LogP contribution in [0.15, 0.2) is 30.3 Å². The Morgan fingerprint density at radius 3 is 2.39 bits per heavy atom. The van der Waals surface area contributed by atoms with Gasteiger partial charge in [-0.1, -0.05) is 37.9 Å². The molecule has 0 aromatic heterocycles. The van der Waals surface area contributed by atoms with Crippen LogP contribution < -0.4 is 20.8 Å². The van der Waals surface area contributed by atoms with Crippen LogP contribution in [0.5, 0.6) is 0 Å². The molecule has 122 valence electrons. The van der Waals surface area contributed by atoms with Gasteiger partial charge in [0.25, 0.3) is 0 Å². The number of benzene rings is 1. The molecule has 23 heavy (non-hydrogen) atoms. The molecule has 1 atom stereocenters. The van der Waals surface area contributed by atoms with Crippen LogP contribution >= 0.6 is 7.60 Å². The fraction of sp³-hybridized carbons (Fsp3) is 0.385. The molecule has 0 saturated carbocycles. The van der Waals surface area contributed by atoms with Crippen molar-refractivity contribution in [3.8, 4) is 0 Å². The molecule has 0 aliphatic heterocycles. The van der Waals surface area contributed by atoms with Crippen molar-refractivity contribution >= 4 is 19.5 Å². The Balaban J connectivity index is 0.00000484. The van der Waals surface area contributed by atoms with Gasteiger partial charge in [0, 0.05) is 19.5 Å². The molecule has 1 aromatic rings. The maximum absolute atomic E-state index is 11.8. The number of carbonyl (C=O) groups is 2. The molecule has 0 heterocycles. The Bertz CT molecular complexity index is 551. The molecule has 1 rings (SSSR count). The second-order valence-electron chi connectivity index (χ2n) is 4.49. The summed E-state index contributed by atoms with van der Waals surface area (Å²) < 4.78 is 16.0. The molecule has 0 fully saturated rings. The molecule has 0 aliphatic rings. The van der Waals surface area contributed by atoms with E-state index in [1.807, 2.05) is 0 Å². The van der Waals surface area contributed by atoms with Crippen LogP contribution in [-0.4, -0.2) is 30.6 Å². The van der Waals surface area contributed by atoms with Gasteiger partial charge >= 0.3 is 25.4 Å². The summed E-state index contributed by atoms with van der Waals surface area (Å²) in [4.78, 5) is 45.3. The van der Waals surface area contributed by atoms with Crippen LogP contribution in [0.25, 0.3) is 0 Å². The van der Waals surface area contributed by atoms with Gasteiger partial charge in [-0.2, -0.15) is 0 Å². The van der Waals surface area contributed by atoms with E-state index in [9.17, 15) is 23.9 Å². The summed E-state index contributed by atoms with van der Waals surface area (Å²) >= 11 is 0. The van der Waals surface area contributed by atoms with Gasteiger partial charge < -0.3 is 30.1 Å². The SMILES string of the molecule is NCCC(=O)NCC(C(=O)OCc1ccccc1)P(=O)([O-])[O-].[Zn+2]. The number of rotatable bonds is 8. The molecule has 1 unspecified atom stereocenters. The molecular weight excluding hydrogens is 377 g/mol. The summed E-state index contributed by atoms with van der Waals surface area (Å²) in [6, 6.07) is 8.57. The van der Waals surface area contributed by atoms with Crippen molar-refractivity contribution in [2.24, 2.45) is 5.73 Å². The number of nitrogens with two attached hydrogens (primary N) is 1. The quantitative estimate of drug-likeness (QED) is 0.310. The third kappa shape index (κ3) is 8.35. The summed E-state index contributed by atoms with van der Waals surface area (Å²) in [7, 11) is -5.25. The third-order valence-electron chi connectivity index (χ3n) is 2.74. The Kier molecular flexibility index (Phi) is 10.1. The molecule has 1 aromatic carbocycles. The van der Waals surface area contributed by atoms with E-state index < -0.39 is 31.7 Å². The van der Waals surface area contributed by atoms with Gasteiger partial charge in [-0.3, -0.25) is 9.59 Å².